The van der Waals surface area contributed by atoms with Gasteiger partial charge in [0, 0.05) is 21.3 Å². The van der Waals surface area contributed by atoms with Crippen LogP contribution in [0.4, 0.5) is 0 Å². The molecule has 0 amide bonds. The van der Waals surface area contributed by atoms with Gasteiger partial charge in [-0.3, -0.25) is 4.98 Å². The topological polar surface area (TPSA) is 42.4 Å². The molecular weight excluding hydrogens is 330 g/mol. The SMILES string of the molecule is COc1cccnc1C(C)(O)c1ccc(Br)cc1Cl. The Labute approximate surface area is 125 Å². The van der Waals surface area contributed by atoms with Crippen molar-refractivity contribution in [3.8, 4) is 5.75 Å². The van der Waals surface area contributed by atoms with E-state index in [-0.39, 0.29) is 0 Å². The Morgan fingerprint density at radius 3 is 2.74 bits per heavy atom. The second kappa shape index (κ2) is 5.49. The summed E-state index contributed by atoms with van der Waals surface area (Å²) in [6, 6.07) is 8.83. The molecule has 1 atom stereocenters. The van der Waals surface area contributed by atoms with Crippen molar-refractivity contribution in [3.63, 3.8) is 0 Å². The van der Waals surface area contributed by atoms with E-state index in [0.717, 1.165) is 4.47 Å². The average molecular weight is 343 g/mol. The number of hydrogen-bond donors (Lipinski definition) is 1. The zero-order chi connectivity index (χ0) is 14.0. The number of rotatable bonds is 3. The maximum absolute atomic E-state index is 10.8. The molecule has 5 heteroatoms. The van der Waals surface area contributed by atoms with E-state index in [1.54, 1.807) is 44.5 Å². The monoisotopic (exact) mass is 341 g/mol. The van der Waals surface area contributed by atoms with Gasteiger partial charge in [0.1, 0.15) is 17.0 Å². The Balaban J connectivity index is 2.58. The van der Waals surface area contributed by atoms with E-state index in [9.17, 15) is 5.11 Å². The molecule has 1 aromatic heterocycles. The van der Waals surface area contributed by atoms with E-state index in [4.69, 9.17) is 16.3 Å². The Kier molecular flexibility index (Phi) is 4.13. The molecule has 0 saturated carbocycles. The molecule has 2 rings (SSSR count). The molecule has 0 bridgehead atoms. The van der Waals surface area contributed by atoms with E-state index >= 15 is 0 Å². The number of ether oxygens (including phenoxy) is 1. The fourth-order valence-electron chi connectivity index (χ4n) is 1.93. The van der Waals surface area contributed by atoms with E-state index in [1.807, 2.05) is 6.07 Å². The van der Waals surface area contributed by atoms with E-state index in [2.05, 4.69) is 20.9 Å². The third-order valence-corrected chi connectivity index (χ3v) is 3.71. The van der Waals surface area contributed by atoms with Crippen LogP contribution in [0.5, 0.6) is 5.75 Å². The molecule has 3 nitrogen and oxygen atoms in total. The highest BCUT2D eigenvalue weighted by Gasteiger charge is 2.32. The first kappa shape index (κ1) is 14.3. The van der Waals surface area contributed by atoms with Gasteiger partial charge in [0.15, 0.2) is 0 Å². The highest BCUT2D eigenvalue weighted by atomic mass is 79.9. The first-order valence-electron chi connectivity index (χ1n) is 5.64. The standard InChI is InChI=1S/C14H13BrClNO2/c1-14(18,10-6-5-9(15)8-11(10)16)13-12(19-2)4-3-7-17-13/h3-8,18H,1-2H3. The van der Waals surface area contributed by atoms with Crippen LogP contribution in [0.15, 0.2) is 41.0 Å². The third kappa shape index (κ3) is 2.76. The minimum atomic E-state index is -1.33. The highest BCUT2D eigenvalue weighted by molar-refractivity contribution is 9.10. The second-order valence-electron chi connectivity index (χ2n) is 4.25. The number of methoxy groups -OCH3 is 1. The Hall–Kier alpha value is -1.10. The van der Waals surface area contributed by atoms with Crippen molar-refractivity contribution >= 4 is 27.5 Å². The van der Waals surface area contributed by atoms with Crippen molar-refractivity contribution in [2.75, 3.05) is 7.11 Å². The number of pyridine rings is 1. The lowest BCUT2D eigenvalue weighted by molar-refractivity contribution is 0.0940. The van der Waals surface area contributed by atoms with Crippen LogP contribution in [0.1, 0.15) is 18.2 Å². The zero-order valence-electron chi connectivity index (χ0n) is 10.5. The number of halogens is 2. The maximum atomic E-state index is 10.8. The number of aliphatic hydroxyl groups is 1. The summed E-state index contributed by atoms with van der Waals surface area (Å²) < 4.78 is 6.09. The molecule has 0 aliphatic carbocycles. The van der Waals surface area contributed by atoms with E-state index < -0.39 is 5.60 Å². The smallest absolute Gasteiger partial charge is 0.143 e. The highest BCUT2D eigenvalue weighted by Crippen LogP contribution is 2.37. The molecule has 2 aromatic rings. The summed E-state index contributed by atoms with van der Waals surface area (Å²) in [5, 5.41) is 11.3. The quantitative estimate of drug-likeness (QED) is 0.923. The molecule has 1 unspecified atom stereocenters. The van der Waals surface area contributed by atoms with Crippen LogP contribution in [-0.4, -0.2) is 17.2 Å². The molecule has 1 heterocycles. The predicted molar refractivity (Wildman–Crippen MR) is 78.6 cm³/mol. The van der Waals surface area contributed by atoms with E-state index in [0.29, 0.717) is 22.0 Å². The number of aromatic nitrogens is 1. The fourth-order valence-corrected chi connectivity index (χ4v) is 2.79. The normalized spacial score (nSPS) is 13.9. The van der Waals surface area contributed by atoms with Crippen LogP contribution in [0.2, 0.25) is 5.02 Å². The first-order valence-corrected chi connectivity index (χ1v) is 6.81. The van der Waals surface area contributed by atoms with Gasteiger partial charge in [-0.2, -0.15) is 0 Å². The average Bonchev–Trinajstić information content (AvgIpc) is 2.38. The van der Waals surface area contributed by atoms with Crippen molar-refractivity contribution in [2.45, 2.75) is 12.5 Å². The molecule has 1 aromatic carbocycles. The second-order valence-corrected chi connectivity index (χ2v) is 5.57. The molecule has 0 fully saturated rings. The van der Waals surface area contributed by atoms with Crippen LogP contribution in [-0.2, 0) is 5.60 Å². The Bertz CT molecular complexity index is 602. The van der Waals surface area contributed by atoms with Crippen molar-refractivity contribution in [1.29, 1.82) is 0 Å². The molecule has 100 valence electrons. The van der Waals surface area contributed by atoms with Crippen molar-refractivity contribution in [2.24, 2.45) is 0 Å². The molecular formula is C14H13BrClNO2. The third-order valence-electron chi connectivity index (χ3n) is 2.91. The Morgan fingerprint density at radius 1 is 1.37 bits per heavy atom. The van der Waals surface area contributed by atoms with Gasteiger partial charge >= 0.3 is 0 Å². The first-order chi connectivity index (χ1) is 8.96. The molecule has 0 saturated heterocycles. The van der Waals surface area contributed by atoms with Gasteiger partial charge in [-0.1, -0.05) is 33.6 Å². The molecule has 0 aliphatic rings. The summed E-state index contributed by atoms with van der Waals surface area (Å²) in [6.45, 7) is 1.65. The van der Waals surface area contributed by atoms with Crippen molar-refractivity contribution in [3.05, 3.63) is 57.3 Å². The summed E-state index contributed by atoms with van der Waals surface area (Å²) in [7, 11) is 1.54. The van der Waals surface area contributed by atoms with Crippen LogP contribution in [0, 0.1) is 0 Å². The van der Waals surface area contributed by atoms with Gasteiger partial charge in [-0.05, 0) is 31.2 Å². The van der Waals surface area contributed by atoms with Crippen LogP contribution in [0.25, 0.3) is 0 Å². The summed E-state index contributed by atoms with van der Waals surface area (Å²) in [6.07, 6.45) is 1.61. The summed E-state index contributed by atoms with van der Waals surface area (Å²) in [5.74, 6) is 0.520. The minimum absolute atomic E-state index is 0.432. The number of hydrogen-bond acceptors (Lipinski definition) is 3. The molecule has 19 heavy (non-hydrogen) atoms. The molecule has 0 radical (unpaired) electrons. The van der Waals surface area contributed by atoms with Crippen molar-refractivity contribution in [1.82, 2.24) is 4.98 Å². The lowest BCUT2D eigenvalue weighted by atomic mass is 9.91. The zero-order valence-corrected chi connectivity index (χ0v) is 12.9. The van der Waals surface area contributed by atoms with E-state index in [1.165, 1.54) is 0 Å². The van der Waals surface area contributed by atoms with Crippen LogP contribution < -0.4 is 4.74 Å². The van der Waals surface area contributed by atoms with Gasteiger partial charge in [-0.15, -0.1) is 0 Å². The van der Waals surface area contributed by atoms with Gasteiger partial charge in [0.25, 0.3) is 0 Å². The lowest BCUT2D eigenvalue weighted by Crippen LogP contribution is -2.25. The largest absolute Gasteiger partial charge is 0.495 e. The number of nitrogens with zero attached hydrogens (tertiary/aromatic N) is 1. The number of benzene rings is 1. The van der Waals surface area contributed by atoms with Crippen molar-refractivity contribution < 1.29 is 9.84 Å². The molecule has 0 spiro atoms. The minimum Gasteiger partial charge on any atom is -0.495 e. The fraction of sp³-hybridized carbons (Fsp3) is 0.214. The summed E-state index contributed by atoms with van der Waals surface area (Å²) >= 11 is 9.54. The maximum Gasteiger partial charge on any atom is 0.143 e. The summed E-state index contributed by atoms with van der Waals surface area (Å²) in [5.41, 5.74) is -0.319. The van der Waals surface area contributed by atoms with Crippen LogP contribution in [0.3, 0.4) is 0 Å². The van der Waals surface area contributed by atoms with Gasteiger partial charge in [0.2, 0.25) is 0 Å². The molecule has 0 aliphatic heterocycles. The predicted octanol–water partition coefficient (Wildman–Crippen LogP) is 3.76. The lowest BCUT2D eigenvalue weighted by Gasteiger charge is -2.26. The summed E-state index contributed by atoms with van der Waals surface area (Å²) in [4.78, 5) is 4.22. The van der Waals surface area contributed by atoms with Crippen LogP contribution >= 0.6 is 27.5 Å². The van der Waals surface area contributed by atoms with Gasteiger partial charge in [-0.25, -0.2) is 0 Å². The Morgan fingerprint density at radius 2 is 2.11 bits per heavy atom. The van der Waals surface area contributed by atoms with Gasteiger partial charge in [0.05, 0.1) is 7.11 Å². The molecule has 1 N–H and O–H groups in total. The van der Waals surface area contributed by atoms with Gasteiger partial charge < -0.3 is 9.84 Å².